The maximum atomic E-state index is 13.2. The van der Waals surface area contributed by atoms with E-state index in [1.54, 1.807) is 10.8 Å². The van der Waals surface area contributed by atoms with Gasteiger partial charge in [-0.2, -0.15) is 13.2 Å². The van der Waals surface area contributed by atoms with Crippen molar-refractivity contribution in [1.82, 2.24) is 9.71 Å². The summed E-state index contributed by atoms with van der Waals surface area (Å²) in [5.41, 5.74) is 1.40. The second-order valence-corrected chi connectivity index (χ2v) is 8.66. The number of sulfonamides is 1. The lowest BCUT2D eigenvalue weighted by Gasteiger charge is -2.14. The van der Waals surface area contributed by atoms with Crippen LogP contribution in [0.3, 0.4) is 0 Å². The lowest BCUT2D eigenvalue weighted by Crippen LogP contribution is -2.32. The van der Waals surface area contributed by atoms with Crippen LogP contribution in [0.2, 0.25) is 0 Å². The number of hydrogen-bond acceptors (Lipinski definition) is 3. The van der Waals surface area contributed by atoms with Gasteiger partial charge in [-0.3, -0.25) is 4.79 Å². The zero-order valence-electron chi connectivity index (χ0n) is 15.9. The molecule has 29 heavy (non-hydrogen) atoms. The highest BCUT2D eigenvalue weighted by Crippen LogP contribution is 2.34. The molecule has 0 bridgehead atoms. The van der Waals surface area contributed by atoms with Crippen molar-refractivity contribution >= 4 is 26.8 Å². The van der Waals surface area contributed by atoms with Gasteiger partial charge in [0, 0.05) is 22.2 Å². The number of aromatic amines is 1. The molecule has 0 radical (unpaired) electrons. The van der Waals surface area contributed by atoms with E-state index in [1.807, 2.05) is 20.8 Å². The summed E-state index contributed by atoms with van der Waals surface area (Å²) in [6, 6.07) is 8.31. The first kappa shape index (κ1) is 20.9. The van der Waals surface area contributed by atoms with Crippen molar-refractivity contribution in [3.05, 3.63) is 64.8 Å². The van der Waals surface area contributed by atoms with E-state index in [2.05, 4.69) is 4.98 Å². The molecule has 3 rings (SSSR count). The summed E-state index contributed by atoms with van der Waals surface area (Å²) < 4.78 is 66.2. The van der Waals surface area contributed by atoms with Gasteiger partial charge in [-0.1, -0.05) is 26.0 Å². The lowest BCUT2D eigenvalue weighted by atomic mass is 9.98. The first-order valence-electron chi connectivity index (χ1n) is 8.77. The number of hydrogen-bond donors (Lipinski definition) is 2. The van der Waals surface area contributed by atoms with Crippen LogP contribution < -0.4 is 4.72 Å². The number of amides is 1. The summed E-state index contributed by atoms with van der Waals surface area (Å²) >= 11 is 0. The Labute approximate surface area is 166 Å². The molecule has 3 aromatic rings. The second-order valence-electron chi connectivity index (χ2n) is 7.01. The van der Waals surface area contributed by atoms with E-state index in [4.69, 9.17) is 0 Å². The molecule has 0 aliphatic heterocycles. The number of benzene rings is 2. The normalized spacial score (nSPS) is 12.5. The number of nitrogens with one attached hydrogen (secondary N) is 2. The van der Waals surface area contributed by atoms with Gasteiger partial charge in [-0.25, -0.2) is 13.1 Å². The smallest absolute Gasteiger partial charge is 0.358 e. The van der Waals surface area contributed by atoms with Gasteiger partial charge in [0.15, 0.2) is 0 Å². The van der Waals surface area contributed by atoms with Crippen molar-refractivity contribution < 1.29 is 26.4 Å². The van der Waals surface area contributed by atoms with Gasteiger partial charge in [-0.15, -0.1) is 0 Å². The summed E-state index contributed by atoms with van der Waals surface area (Å²) in [6.07, 6.45) is -4.87. The van der Waals surface area contributed by atoms with Gasteiger partial charge in [-0.05, 0) is 48.7 Å². The Morgan fingerprint density at radius 2 is 1.76 bits per heavy atom. The minimum Gasteiger partial charge on any atom is -0.358 e. The highest BCUT2D eigenvalue weighted by molar-refractivity contribution is 7.90. The highest BCUT2D eigenvalue weighted by Gasteiger charge is 2.37. The van der Waals surface area contributed by atoms with Crippen LogP contribution in [0.15, 0.2) is 47.4 Å². The van der Waals surface area contributed by atoms with E-state index in [0.29, 0.717) is 6.07 Å². The summed E-state index contributed by atoms with van der Waals surface area (Å²) in [7, 11) is -4.72. The Hall–Kier alpha value is -2.81. The molecule has 1 aromatic heterocycles. The fourth-order valence-electron chi connectivity index (χ4n) is 3.40. The third-order valence-electron chi connectivity index (χ3n) is 4.58. The summed E-state index contributed by atoms with van der Waals surface area (Å²) in [5, 5.41) is 0.762. The molecular formula is C20H19F3N2O3S. The first-order chi connectivity index (χ1) is 13.4. The number of halogens is 3. The third-order valence-corrected chi connectivity index (χ3v) is 5.97. The highest BCUT2D eigenvalue weighted by atomic mass is 32.2. The standard InChI is InChI=1S/C20H19F3N2O3S/c1-11(2)18-12(3)24-16-9-8-13(10-14(16)18)19(26)25-29(27,28)17-7-5-4-6-15(17)20(21,22)23/h4-11,24H,1-3H3,(H,25,26). The van der Waals surface area contributed by atoms with Gasteiger partial charge >= 0.3 is 6.18 Å². The van der Waals surface area contributed by atoms with E-state index < -0.39 is 32.6 Å². The molecule has 0 atom stereocenters. The first-order valence-corrected chi connectivity index (χ1v) is 10.3. The minimum atomic E-state index is -4.87. The Kier molecular flexibility index (Phi) is 5.20. The SMILES string of the molecule is Cc1[nH]c2ccc(C(=O)NS(=O)(=O)c3ccccc3C(F)(F)F)cc2c1C(C)C. The van der Waals surface area contributed by atoms with Crippen molar-refractivity contribution in [2.24, 2.45) is 0 Å². The quantitative estimate of drug-likeness (QED) is 0.635. The van der Waals surface area contributed by atoms with Gasteiger partial charge in [0.25, 0.3) is 15.9 Å². The second kappa shape index (κ2) is 7.22. The number of alkyl halides is 3. The molecule has 1 heterocycles. The topological polar surface area (TPSA) is 79.0 Å². The van der Waals surface area contributed by atoms with Crippen molar-refractivity contribution in [3.8, 4) is 0 Å². The number of carbonyl (C=O) groups is 1. The summed E-state index contributed by atoms with van der Waals surface area (Å²) in [4.78, 5) is 14.7. The average molecular weight is 424 g/mol. The van der Waals surface area contributed by atoms with Gasteiger partial charge < -0.3 is 4.98 Å². The molecular weight excluding hydrogens is 405 g/mol. The van der Waals surface area contributed by atoms with Crippen molar-refractivity contribution in [2.75, 3.05) is 0 Å². The van der Waals surface area contributed by atoms with E-state index in [0.717, 1.165) is 40.4 Å². The molecule has 1 amide bonds. The molecule has 0 unspecified atom stereocenters. The lowest BCUT2D eigenvalue weighted by molar-refractivity contribution is -0.139. The minimum absolute atomic E-state index is 0.0338. The Balaban J connectivity index is 2.00. The molecule has 0 aliphatic carbocycles. The number of rotatable bonds is 4. The molecule has 0 aliphatic rings. The number of H-pyrrole nitrogens is 1. The van der Waals surface area contributed by atoms with E-state index in [1.165, 1.54) is 12.1 Å². The number of aromatic nitrogens is 1. The van der Waals surface area contributed by atoms with E-state index in [9.17, 15) is 26.4 Å². The fraction of sp³-hybridized carbons (Fsp3) is 0.250. The van der Waals surface area contributed by atoms with Crippen LogP contribution in [-0.4, -0.2) is 19.3 Å². The maximum Gasteiger partial charge on any atom is 0.417 e. The van der Waals surface area contributed by atoms with Gasteiger partial charge in [0.1, 0.15) is 0 Å². The number of fused-ring (bicyclic) bond motifs is 1. The van der Waals surface area contributed by atoms with Crippen LogP contribution >= 0.6 is 0 Å². The van der Waals surface area contributed by atoms with E-state index in [-0.39, 0.29) is 11.5 Å². The molecule has 154 valence electrons. The predicted octanol–water partition coefficient (Wildman–Crippen LogP) is 4.74. The maximum absolute atomic E-state index is 13.2. The largest absolute Gasteiger partial charge is 0.417 e. The van der Waals surface area contributed by atoms with Crippen molar-refractivity contribution in [2.45, 2.75) is 37.8 Å². The number of aryl methyl sites for hydroxylation is 1. The molecule has 9 heteroatoms. The zero-order chi connectivity index (χ0) is 21.6. The molecule has 0 saturated carbocycles. The summed E-state index contributed by atoms with van der Waals surface area (Å²) in [6.45, 7) is 5.87. The van der Waals surface area contributed by atoms with Crippen molar-refractivity contribution in [3.63, 3.8) is 0 Å². The fourth-order valence-corrected chi connectivity index (χ4v) is 4.61. The molecule has 0 spiro atoms. The Bertz CT molecular complexity index is 1200. The predicted molar refractivity (Wildman–Crippen MR) is 103 cm³/mol. The van der Waals surface area contributed by atoms with Gasteiger partial charge in [0.2, 0.25) is 0 Å². The van der Waals surface area contributed by atoms with Crippen LogP contribution in [0.5, 0.6) is 0 Å². The summed E-state index contributed by atoms with van der Waals surface area (Å²) in [5.74, 6) is -0.845. The third kappa shape index (κ3) is 4.00. The Morgan fingerprint density at radius 3 is 2.38 bits per heavy atom. The monoisotopic (exact) mass is 424 g/mol. The van der Waals surface area contributed by atoms with Crippen LogP contribution in [0.25, 0.3) is 10.9 Å². The van der Waals surface area contributed by atoms with Crippen LogP contribution in [0.4, 0.5) is 13.2 Å². The van der Waals surface area contributed by atoms with Crippen LogP contribution in [0, 0.1) is 6.92 Å². The molecule has 5 nitrogen and oxygen atoms in total. The molecule has 0 saturated heterocycles. The molecule has 2 N–H and O–H groups in total. The molecule has 2 aromatic carbocycles. The Morgan fingerprint density at radius 1 is 1.10 bits per heavy atom. The number of carbonyl (C=O) groups excluding carboxylic acids is 1. The molecule has 0 fully saturated rings. The van der Waals surface area contributed by atoms with Crippen molar-refractivity contribution in [1.29, 1.82) is 0 Å². The van der Waals surface area contributed by atoms with E-state index >= 15 is 0 Å². The zero-order valence-corrected chi connectivity index (χ0v) is 16.7. The van der Waals surface area contributed by atoms with Crippen LogP contribution in [-0.2, 0) is 16.2 Å². The van der Waals surface area contributed by atoms with Crippen LogP contribution in [0.1, 0.15) is 46.9 Å². The van der Waals surface area contributed by atoms with Gasteiger partial charge in [0.05, 0.1) is 10.5 Å². The average Bonchev–Trinajstić information content (AvgIpc) is 2.95.